The first-order valence-corrected chi connectivity index (χ1v) is 6.86. The molecule has 4 heteroatoms. The lowest BCUT2D eigenvalue weighted by molar-refractivity contribution is 0.0816. The first-order valence-electron chi connectivity index (χ1n) is 6.86. The molecule has 0 radical (unpaired) electrons. The molecule has 2 rings (SSSR count). The minimum atomic E-state index is -0.566. The highest BCUT2D eigenvalue weighted by atomic mass is 16.5. The van der Waals surface area contributed by atoms with Gasteiger partial charge in [0.15, 0.2) is 11.5 Å². The molecule has 0 aliphatic carbocycles. The molecular weight excluding hydrogens is 280 g/mol. The van der Waals surface area contributed by atoms with Crippen molar-refractivity contribution in [2.24, 2.45) is 0 Å². The molecule has 0 saturated heterocycles. The van der Waals surface area contributed by atoms with Crippen molar-refractivity contribution >= 4 is 11.6 Å². The molecule has 0 spiro atoms. The number of hydrogen-bond acceptors (Lipinski definition) is 4. The van der Waals surface area contributed by atoms with Crippen molar-refractivity contribution in [1.82, 2.24) is 0 Å². The summed E-state index contributed by atoms with van der Waals surface area (Å²) in [6.07, 6.45) is 0. The molecule has 0 atom stereocenters. The number of carbonyl (C=O) groups excluding carboxylic acids is 2. The van der Waals surface area contributed by atoms with Gasteiger partial charge in [-0.05, 0) is 49.2 Å². The fourth-order valence-corrected chi connectivity index (χ4v) is 2.12. The van der Waals surface area contributed by atoms with Crippen LogP contribution in [0.1, 0.15) is 31.8 Å². The lowest BCUT2D eigenvalue weighted by Gasteiger charge is -2.09. The molecule has 0 aliphatic rings. The van der Waals surface area contributed by atoms with Crippen LogP contribution in [0.2, 0.25) is 0 Å². The Morgan fingerprint density at radius 2 is 1.27 bits per heavy atom. The zero-order valence-corrected chi connectivity index (χ0v) is 13.1. The molecule has 0 amide bonds. The van der Waals surface area contributed by atoms with Crippen molar-refractivity contribution in [1.29, 1.82) is 0 Å². The van der Waals surface area contributed by atoms with E-state index in [-0.39, 0.29) is 5.56 Å². The SMILES string of the molecule is COc1ccc(C(=O)C(=O)c2ccc(C)c(C)c2)cc1OC. The molecular formula is C18H18O4. The third-order valence-corrected chi connectivity index (χ3v) is 3.62. The molecule has 4 nitrogen and oxygen atoms in total. The van der Waals surface area contributed by atoms with Crippen molar-refractivity contribution in [3.05, 3.63) is 58.7 Å². The lowest BCUT2D eigenvalue weighted by atomic mass is 9.98. The van der Waals surface area contributed by atoms with E-state index in [0.29, 0.717) is 17.1 Å². The molecule has 0 saturated carbocycles. The van der Waals surface area contributed by atoms with Gasteiger partial charge in [0.25, 0.3) is 0 Å². The van der Waals surface area contributed by atoms with E-state index in [1.165, 1.54) is 20.3 Å². The Morgan fingerprint density at radius 3 is 1.82 bits per heavy atom. The molecule has 2 aromatic rings. The van der Waals surface area contributed by atoms with E-state index in [0.717, 1.165) is 11.1 Å². The number of ketones is 2. The maximum atomic E-state index is 12.4. The largest absolute Gasteiger partial charge is 0.493 e. The Kier molecular flexibility index (Phi) is 4.61. The topological polar surface area (TPSA) is 52.6 Å². The number of methoxy groups -OCH3 is 2. The smallest absolute Gasteiger partial charge is 0.233 e. The van der Waals surface area contributed by atoms with Gasteiger partial charge in [-0.25, -0.2) is 0 Å². The van der Waals surface area contributed by atoms with Crippen molar-refractivity contribution in [3.8, 4) is 11.5 Å². The van der Waals surface area contributed by atoms with E-state index in [2.05, 4.69) is 0 Å². The van der Waals surface area contributed by atoms with E-state index >= 15 is 0 Å². The molecule has 0 heterocycles. The third kappa shape index (κ3) is 3.01. The zero-order chi connectivity index (χ0) is 16.3. The Balaban J connectivity index is 2.34. The quantitative estimate of drug-likeness (QED) is 0.627. The van der Waals surface area contributed by atoms with E-state index in [1.54, 1.807) is 24.3 Å². The summed E-state index contributed by atoms with van der Waals surface area (Å²) in [7, 11) is 3.00. The number of Topliss-reactive ketones (excluding diaryl/α,β-unsaturated/α-hetero) is 2. The van der Waals surface area contributed by atoms with Gasteiger partial charge in [0.05, 0.1) is 14.2 Å². The standard InChI is InChI=1S/C18H18O4/c1-11-5-6-13(9-12(11)2)17(19)18(20)14-7-8-15(21-3)16(10-14)22-4/h5-10H,1-4H3. The van der Waals surface area contributed by atoms with Gasteiger partial charge in [0, 0.05) is 11.1 Å². The first-order chi connectivity index (χ1) is 10.5. The Bertz CT molecular complexity index is 732. The first kappa shape index (κ1) is 15.8. The van der Waals surface area contributed by atoms with Crippen molar-refractivity contribution < 1.29 is 19.1 Å². The third-order valence-electron chi connectivity index (χ3n) is 3.62. The number of hydrogen-bond donors (Lipinski definition) is 0. The van der Waals surface area contributed by atoms with Gasteiger partial charge in [0.2, 0.25) is 11.6 Å². The molecule has 0 bridgehead atoms. The molecule has 0 aliphatic heterocycles. The van der Waals surface area contributed by atoms with Crippen LogP contribution in [-0.2, 0) is 0 Å². The number of benzene rings is 2. The van der Waals surface area contributed by atoms with E-state index in [1.807, 2.05) is 19.9 Å². The minimum absolute atomic E-state index is 0.279. The van der Waals surface area contributed by atoms with Gasteiger partial charge in [-0.3, -0.25) is 9.59 Å². The maximum absolute atomic E-state index is 12.4. The second-order valence-corrected chi connectivity index (χ2v) is 5.03. The Labute approximate surface area is 129 Å². The van der Waals surface area contributed by atoms with Crippen LogP contribution in [-0.4, -0.2) is 25.8 Å². The van der Waals surface area contributed by atoms with Crippen LogP contribution in [0, 0.1) is 13.8 Å². The van der Waals surface area contributed by atoms with Gasteiger partial charge in [0.1, 0.15) is 0 Å². The average molecular weight is 298 g/mol. The normalized spacial score (nSPS) is 10.2. The zero-order valence-electron chi connectivity index (χ0n) is 13.1. The van der Waals surface area contributed by atoms with Crippen LogP contribution in [0.3, 0.4) is 0 Å². The van der Waals surface area contributed by atoms with Crippen LogP contribution in [0.25, 0.3) is 0 Å². The predicted octanol–water partition coefficient (Wildman–Crippen LogP) is 3.39. The summed E-state index contributed by atoms with van der Waals surface area (Å²) in [5, 5.41) is 0. The molecule has 0 fully saturated rings. The monoisotopic (exact) mass is 298 g/mol. The van der Waals surface area contributed by atoms with Crippen molar-refractivity contribution in [3.63, 3.8) is 0 Å². The maximum Gasteiger partial charge on any atom is 0.233 e. The molecule has 0 unspecified atom stereocenters. The molecule has 22 heavy (non-hydrogen) atoms. The number of carbonyl (C=O) groups is 2. The van der Waals surface area contributed by atoms with Gasteiger partial charge in [-0.1, -0.05) is 12.1 Å². The fourth-order valence-electron chi connectivity index (χ4n) is 2.12. The lowest BCUT2D eigenvalue weighted by Crippen LogP contribution is -2.15. The van der Waals surface area contributed by atoms with Gasteiger partial charge in [-0.2, -0.15) is 0 Å². The van der Waals surface area contributed by atoms with Gasteiger partial charge in [-0.15, -0.1) is 0 Å². The molecule has 2 aromatic carbocycles. The molecule has 0 aromatic heterocycles. The highest BCUT2D eigenvalue weighted by molar-refractivity contribution is 6.49. The summed E-state index contributed by atoms with van der Waals surface area (Å²) in [6.45, 7) is 3.87. The molecule has 114 valence electrons. The number of rotatable bonds is 5. The van der Waals surface area contributed by atoms with Crippen LogP contribution < -0.4 is 9.47 Å². The van der Waals surface area contributed by atoms with Crippen LogP contribution >= 0.6 is 0 Å². The van der Waals surface area contributed by atoms with Crippen LogP contribution in [0.4, 0.5) is 0 Å². The van der Waals surface area contributed by atoms with E-state index in [4.69, 9.17) is 9.47 Å². The predicted molar refractivity (Wildman–Crippen MR) is 84.1 cm³/mol. The number of aryl methyl sites for hydroxylation is 2. The highest BCUT2D eigenvalue weighted by Crippen LogP contribution is 2.28. The van der Waals surface area contributed by atoms with Crippen LogP contribution in [0.15, 0.2) is 36.4 Å². The van der Waals surface area contributed by atoms with Gasteiger partial charge < -0.3 is 9.47 Å². The summed E-state index contributed by atoms with van der Waals surface area (Å²) in [5.74, 6) is -0.168. The summed E-state index contributed by atoms with van der Waals surface area (Å²) in [6, 6.07) is 9.92. The second-order valence-electron chi connectivity index (χ2n) is 5.03. The van der Waals surface area contributed by atoms with Crippen molar-refractivity contribution in [2.75, 3.05) is 14.2 Å². The van der Waals surface area contributed by atoms with Crippen LogP contribution in [0.5, 0.6) is 11.5 Å². The summed E-state index contributed by atoms with van der Waals surface area (Å²) >= 11 is 0. The minimum Gasteiger partial charge on any atom is -0.493 e. The summed E-state index contributed by atoms with van der Waals surface area (Å²) in [4.78, 5) is 24.7. The van der Waals surface area contributed by atoms with Crippen molar-refractivity contribution in [2.45, 2.75) is 13.8 Å². The summed E-state index contributed by atoms with van der Waals surface area (Å²) < 4.78 is 10.3. The Hall–Kier alpha value is -2.62. The number of ether oxygens (including phenoxy) is 2. The summed E-state index contributed by atoms with van der Waals surface area (Å²) in [5.41, 5.74) is 2.73. The average Bonchev–Trinajstić information content (AvgIpc) is 2.55. The van der Waals surface area contributed by atoms with E-state index in [9.17, 15) is 9.59 Å². The molecule has 0 N–H and O–H groups in total. The fraction of sp³-hybridized carbons (Fsp3) is 0.222. The Morgan fingerprint density at radius 1 is 0.727 bits per heavy atom. The highest BCUT2D eigenvalue weighted by Gasteiger charge is 2.20. The van der Waals surface area contributed by atoms with E-state index < -0.39 is 11.6 Å². The van der Waals surface area contributed by atoms with Gasteiger partial charge >= 0.3 is 0 Å². The second kappa shape index (κ2) is 6.43.